The summed E-state index contributed by atoms with van der Waals surface area (Å²) < 4.78 is 16.2. The zero-order chi connectivity index (χ0) is 21.2. The van der Waals surface area contributed by atoms with Crippen LogP contribution in [0, 0.1) is 0 Å². The summed E-state index contributed by atoms with van der Waals surface area (Å²) in [5, 5.41) is 6.98. The van der Waals surface area contributed by atoms with Gasteiger partial charge in [0.05, 0.1) is 27.0 Å². The summed E-state index contributed by atoms with van der Waals surface area (Å²) in [5.41, 5.74) is 1.07. The first kappa shape index (κ1) is 22.0. The number of aliphatic imine (C=N–C) groups is 1. The molecule has 1 atom stereocenters. The fourth-order valence-corrected chi connectivity index (χ4v) is 3.84. The van der Waals surface area contributed by atoms with Gasteiger partial charge in [-0.05, 0) is 55.8 Å². The fraction of sp³-hybridized carbons (Fsp3) is 0.522. The second-order valence-electron chi connectivity index (χ2n) is 7.42. The topological polar surface area (TPSA) is 71.3 Å². The quantitative estimate of drug-likeness (QED) is 0.460. The third-order valence-corrected chi connectivity index (χ3v) is 5.52. The largest absolute Gasteiger partial charge is 0.493 e. The summed E-state index contributed by atoms with van der Waals surface area (Å²) in [6, 6.07) is 10.4. The lowest BCUT2D eigenvalue weighted by Gasteiger charge is -2.24. The molecule has 0 amide bonds. The zero-order valence-electron chi connectivity index (χ0n) is 18.3. The first-order valence-electron chi connectivity index (χ1n) is 10.7. The van der Waals surface area contributed by atoms with E-state index >= 15 is 0 Å². The smallest absolute Gasteiger partial charge is 0.191 e. The maximum Gasteiger partial charge on any atom is 0.191 e. The summed E-state index contributed by atoms with van der Waals surface area (Å²) in [7, 11) is 3.29. The van der Waals surface area contributed by atoms with Gasteiger partial charge in [-0.25, -0.2) is 4.99 Å². The monoisotopic (exact) mass is 414 g/mol. The number of ether oxygens (including phenoxy) is 2. The lowest BCUT2D eigenvalue weighted by atomic mass is 10.2. The van der Waals surface area contributed by atoms with Gasteiger partial charge in [0, 0.05) is 25.6 Å². The molecule has 0 radical (unpaired) electrons. The van der Waals surface area contributed by atoms with Crippen LogP contribution in [0.15, 0.2) is 46.0 Å². The number of hydrogen-bond acceptors (Lipinski definition) is 5. The van der Waals surface area contributed by atoms with Crippen LogP contribution in [-0.2, 0) is 13.0 Å². The minimum atomic E-state index is 0.554. The zero-order valence-corrected chi connectivity index (χ0v) is 18.3. The van der Waals surface area contributed by atoms with Crippen molar-refractivity contribution in [1.82, 2.24) is 15.5 Å². The average Bonchev–Trinajstić information content (AvgIpc) is 3.46. The standard InChI is InChI=1S/C23H34N4O3/c1-4-27-13-5-7-19(27)17-26-23(24-12-11-20-8-6-14-30-20)25-16-18-9-10-21(28-2)22(15-18)29-3/h6,8-10,14-15,19H,4-5,7,11-13,16-17H2,1-3H3,(H2,24,25,26). The highest BCUT2D eigenvalue weighted by molar-refractivity contribution is 5.79. The molecular formula is C23H34N4O3. The van der Waals surface area contributed by atoms with E-state index in [0.717, 1.165) is 54.8 Å². The average molecular weight is 415 g/mol. The molecule has 7 heteroatoms. The molecule has 0 spiro atoms. The van der Waals surface area contributed by atoms with Gasteiger partial charge in [-0.2, -0.15) is 0 Å². The van der Waals surface area contributed by atoms with E-state index < -0.39 is 0 Å². The Balaban J connectivity index is 1.62. The Labute approximate surface area is 179 Å². The van der Waals surface area contributed by atoms with Crippen molar-refractivity contribution in [2.75, 3.05) is 40.4 Å². The number of likely N-dealkylation sites (N-methyl/N-ethyl adjacent to an activating group) is 1. The first-order valence-corrected chi connectivity index (χ1v) is 10.7. The minimum absolute atomic E-state index is 0.554. The molecule has 1 aliphatic heterocycles. The highest BCUT2D eigenvalue weighted by Gasteiger charge is 2.22. The van der Waals surface area contributed by atoms with Crippen molar-refractivity contribution in [3.05, 3.63) is 47.9 Å². The summed E-state index contributed by atoms with van der Waals surface area (Å²) >= 11 is 0. The molecule has 2 N–H and O–H groups in total. The van der Waals surface area contributed by atoms with Crippen molar-refractivity contribution in [3.63, 3.8) is 0 Å². The summed E-state index contributed by atoms with van der Waals surface area (Å²) in [6.45, 7) is 6.72. The van der Waals surface area contributed by atoms with E-state index in [4.69, 9.17) is 18.9 Å². The molecule has 1 aliphatic rings. The van der Waals surface area contributed by atoms with E-state index in [9.17, 15) is 0 Å². The molecule has 0 aliphatic carbocycles. The number of nitrogens with zero attached hydrogens (tertiary/aromatic N) is 2. The molecule has 0 bridgehead atoms. The van der Waals surface area contributed by atoms with Crippen LogP contribution in [0.2, 0.25) is 0 Å². The molecule has 1 aromatic carbocycles. The number of nitrogens with one attached hydrogen (secondary N) is 2. The van der Waals surface area contributed by atoms with E-state index in [2.05, 4.69) is 22.5 Å². The molecular weight excluding hydrogens is 380 g/mol. The normalized spacial score (nSPS) is 17.2. The van der Waals surface area contributed by atoms with Gasteiger partial charge < -0.3 is 24.5 Å². The highest BCUT2D eigenvalue weighted by atomic mass is 16.5. The molecule has 1 fully saturated rings. The number of methoxy groups -OCH3 is 2. The molecule has 7 nitrogen and oxygen atoms in total. The lowest BCUT2D eigenvalue weighted by molar-refractivity contribution is 0.267. The van der Waals surface area contributed by atoms with Crippen molar-refractivity contribution in [2.45, 2.75) is 38.8 Å². The van der Waals surface area contributed by atoms with Crippen LogP contribution in [0.5, 0.6) is 11.5 Å². The van der Waals surface area contributed by atoms with Crippen molar-refractivity contribution in [2.24, 2.45) is 4.99 Å². The Morgan fingerprint density at radius 3 is 2.80 bits per heavy atom. The van der Waals surface area contributed by atoms with Gasteiger partial charge in [0.2, 0.25) is 0 Å². The predicted molar refractivity (Wildman–Crippen MR) is 119 cm³/mol. The number of furan rings is 1. The molecule has 1 aromatic heterocycles. The van der Waals surface area contributed by atoms with Crippen LogP contribution in [0.4, 0.5) is 0 Å². The van der Waals surface area contributed by atoms with Crippen molar-refractivity contribution >= 4 is 5.96 Å². The van der Waals surface area contributed by atoms with Gasteiger partial charge in [-0.15, -0.1) is 0 Å². The third-order valence-electron chi connectivity index (χ3n) is 5.52. The SMILES string of the molecule is CCN1CCCC1CNC(=NCc1ccc(OC)c(OC)c1)NCCc1ccco1. The van der Waals surface area contributed by atoms with E-state index in [0.29, 0.717) is 12.6 Å². The summed E-state index contributed by atoms with van der Waals surface area (Å²) in [5.74, 6) is 3.23. The van der Waals surface area contributed by atoms with Crippen LogP contribution in [0.3, 0.4) is 0 Å². The molecule has 30 heavy (non-hydrogen) atoms. The number of rotatable bonds is 10. The maximum absolute atomic E-state index is 5.43. The van der Waals surface area contributed by atoms with E-state index in [1.807, 2.05) is 30.3 Å². The first-order chi connectivity index (χ1) is 14.7. The summed E-state index contributed by atoms with van der Waals surface area (Å²) in [6.07, 6.45) is 5.02. The number of hydrogen-bond donors (Lipinski definition) is 2. The molecule has 2 aromatic rings. The van der Waals surface area contributed by atoms with Crippen LogP contribution in [0.1, 0.15) is 31.1 Å². The maximum atomic E-state index is 5.43. The minimum Gasteiger partial charge on any atom is -0.493 e. The Hall–Kier alpha value is -2.67. The Morgan fingerprint density at radius 1 is 1.20 bits per heavy atom. The van der Waals surface area contributed by atoms with Crippen LogP contribution < -0.4 is 20.1 Å². The molecule has 1 saturated heterocycles. The Kier molecular flexibility index (Phi) is 8.44. The second-order valence-corrected chi connectivity index (χ2v) is 7.42. The third kappa shape index (κ3) is 6.16. The molecule has 164 valence electrons. The van der Waals surface area contributed by atoms with Gasteiger partial charge in [0.25, 0.3) is 0 Å². The van der Waals surface area contributed by atoms with Crippen molar-refractivity contribution in [3.8, 4) is 11.5 Å². The van der Waals surface area contributed by atoms with Crippen LogP contribution >= 0.6 is 0 Å². The number of benzene rings is 1. The number of likely N-dealkylation sites (tertiary alicyclic amines) is 1. The Bertz CT molecular complexity index is 792. The molecule has 2 heterocycles. The van der Waals surface area contributed by atoms with Crippen molar-refractivity contribution < 1.29 is 13.9 Å². The Morgan fingerprint density at radius 2 is 2.07 bits per heavy atom. The number of guanidine groups is 1. The van der Waals surface area contributed by atoms with Gasteiger partial charge in [-0.1, -0.05) is 13.0 Å². The summed E-state index contributed by atoms with van der Waals surface area (Å²) in [4.78, 5) is 7.33. The highest BCUT2D eigenvalue weighted by Crippen LogP contribution is 2.27. The van der Waals surface area contributed by atoms with E-state index in [-0.39, 0.29) is 0 Å². The van der Waals surface area contributed by atoms with E-state index in [1.165, 1.54) is 19.4 Å². The van der Waals surface area contributed by atoms with Gasteiger partial charge in [-0.3, -0.25) is 4.90 Å². The second kappa shape index (κ2) is 11.5. The van der Waals surface area contributed by atoms with Gasteiger partial charge in [0.1, 0.15) is 5.76 Å². The molecule has 0 saturated carbocycles. The van der Waals surface area contributed by atoms with Crippen LogP contribution in [-0.4, -0.2) is 57.3 Å². The molecule has 1 unspecified atom stereocenters. The fourth-order valence-electron chi connectivity index (χ4n) is 3.84. The predicted octanol–water partition coefficient (Wildman–Crippen LogP) is 3.06. The lowest BCUT2D eigenvalue weighted by Crippen LogP contribution is -2.45. The van der Waals surface area contributed by atoms with E-state index in [1.54, 1.807) is 20.5 Å². The van der Waals surface area contributed by atoms with Crippen molar-refractivity contribution in [1.29, 1.82) is 0 Å². The molecule has 3 rings (SSSR count). The van der Waals surface area contributed by atoms with Gasteiger partial charge >= 0.3 is 0 Å². The van der Waals surface area contributed by atoms with Crippen LogP contribution in [0.25, 0.3) is 0 Å². The van der Waals surface area contributed by atoms with Gasteiger partial charge in [0.15, 0.2) is 17.5 Å².